The zero-order valence-electron chi connectivity index (χ0n) is 18.8. The van der Waals surface area contributed by atoms with E-state index in [0.717, 1.165) is 18.5 Å². The molecule has 0 fully saturated rings. The van der Waals surface area contributed by atoms with Crippen LogP contribution in [0.2, 0.25) is 0 Å². The third-order valence-corrected chi connectivity index (χ3v) is 5.16. The van der Waals surface area contributed by atoms with E-state index in [-0.39, 0.29) is 17.9 Å². The second kappa shape index (κ2) is 11.2. The molecule has 0 saturated carbocycles. The minimum Gasteiger partial charge on any atom is -0.368 e. The Bertz CT molecular complexity index is 903. The van der Waals surface area contributed by atoms with Gasteiger partial charge in [-0.25, -0.2) is 0 Å². The molecule has 7 heteroatoms. The second-order valence-corrected chi connectivity index (χ2v) is 8.06. The highest BCUT2D eigenvalue weighted by molar-refractivity contribution is 5.96. The van der Waals surface area contributed by atoms with Gasteiger partial charge in [0.15, 0.2) is 5.96 Å². The molecule has 2 aromatic rings. The summed E-state index contributed by atoms with van der Waals surface area (Å²) in [6.45, 7) is 7.69. The molecule has 2 amide bonds. The lowest BCUT2D eigenvalue weighted by atomic mass is 9.84. The number of aryl methyl sites for hydroxylation is 1. The number of amides is 2. The fourth-order valence-corrected chi connectivity index (χ4v) is 3.05. The molecule has 2 aromatic carbocycles. The molecule has 31 heavy (non-hydrogen) atoms. The van der Waals surface area contributed by atoms with Gasteiger partial charge in [-0.15, -0.1) is 0 Å². The van der Waals surface area contributed by atoms with Crippen LogP contribution in [0.1, 0.15) is 47.8 Å². The third kappa shape index (κ3) is 7.44. The van der Waals surface area contributed by atoms with E-state index < -0.39 is 5.91 Å². The number of hydrogen-bond acceptors (Lipinski definition) is 3. The van der Waals surface area contributed by atoms with Gasteiger partial charge in [0.2, 0.25) is 5.91 Å². The topological polar surface area (TPSA) is 109 Å². The summed E-state index contributed by atoms with van der Waals surface area (Å²) >= 11 is 0. The van der Waals surface area contributed by atoms with Crippen LogP contribution in [-0.2, 0) is 23.2 Å². The molecule has 5 N–H and O–H groups in total. The van der Waals surface area contributed by atoms with Crippen molar-refractivity contribution in [3.05, 3.63) is 70.8 Å². The Morgan fingerprint density at radius 1 is 0.935 bits per heavy atom. The molecule has 0 heterocycles. The Kier molecular flexibility index (Phi) is 8.61. The van der Waals surface area contributed by atoms with Crippen molar-refractivity contribution in [2.45, 2.75) is 39.2 Å². The Balaban J connectivity index is 1.87. The number of guanidine groups is 1. The van der Waals surface area contributed by atoms with Crippen LogP contribution in [0.3, 0.4) is 0 Å². The van der Waals surface area contributed by atoms with Crippen molar-refractivity contribution < 1.29 is 9.59 Å². The number of rotatable bonds is 9. The fourth-order valence-electron chi connectivity index (χ4n) is 3.05. The first-order valence-electron chi connectivity index (χ1n) is 10.4. The summed E-state index contributed by atoms with van der Waals surface area (Å²) in [6.07, 6.45) is 1.04. The summed E-state index contributed by atoms with van der Waals surface area (Å²) < 4.78 is 0. The summed E-state index contributed by atoms with van der Waals surface area (Å²) in [5.74, 6) is -0.194. The van der Waals surface area contributed by atoms with E-state index >= 15 is 0 Å². The van der Waals surface area contributed by atoms with Crippen molar-refractivity contribution in [2.24, 2.45) is 10.7 Å². The van der Waals surface area contributed by atoms with Gasteiger partial charge < -0.3 is 21.7 Å². The number of nitrogens with zero attached hydrogens (tertiary/aromatic N) is 1. The lowest BCUT2D eigenvalue weighted by molar-refractivity contribution is -0.117. The van der Waals surface area contributed by atoms with Crippen LogP contribution in [0.25, 0.3) is 0 Å². The van der Waals surface area contributed by atoms with Gasteiger partial charge in [0, 0.05) is 31.1 Å². The van der Waals surface area contributed by atoms with Crippen LogP contribution >= 0.6 is 0 Å². The quantitative estimate of drug-likeness (QED) is 0.366. The molecule has 166 valence electrons. The Labute approximate surface area is 184 Å². The fraction of sp³-hybridized carbons (Fsp3) is 0.375. The Hall–Kier alpha value is -3.35. The van der Waals surface area contributed by atoms with Crippen molar-refractivity contribution >= 4 is 17.8 Å². The SMILES string of the molecule is CCc1ccc(C(C)(C)CNC(=NC)NCc2ccc(C(=O)NCC(N)=O)cc2)cc1. The van der Waals surface area contributed by atoms with Gasteiger partial charge >= 0.3 is 0 Å². The molecule has 0 bridgehead atoms. The Morgan fingerprint density at radius 3 is 2.10 bits per heavy atom. The van der Waals surface area contributed by atoms with E-state index in [0.29, 0.717) is 18.1 Å². The minimum absolute atomic E-state index is 0.0518. The number of hydrogen-bond donors (Lipinski definition) is 4. The molecular formula is C24H33N5O2. The summed E-state index contributed by atoms with van der Waals surface area (Å²) in [6, 6.07) is 15.9. The van der Waals surface area contributed by atoms with Gasteiger partial charge in [-0.2, -0.15) is 0 Å². The first kappa shape index (κ1) is 23.9. The monoisotopic (exact) mass is 423 g/mol. The molecule has 0 aromatic heterocycles. The number of carbonyl (C=O) groups is 2. The van der Waals surface area contributed by atoms with E-state index in [2.05, 4.69) is 66.0 Å². The van der Waals surface area contributed by atoms with Gasteiger partial charge in [-0.3, -0.25) is 14.6 Å². The summed E-state index contributed by atoms with van der Waals surface area (Å²) in [7, 11) is 1.74. The van der Waals surface area contributed by atoms with Crippen LogP contribution in [0.5, 0.6) is 0 Å². The summed E-state index contributed by atoms with van der Waals surface area (Å²) in [4.78, 5) is 27.0. The first-order valence-corrected chi connectivity index (χ1v) is 10.4. The zero-order chi connectivity index (χ0) is 22.9. The second-order valence-electron chi connectivity index (χ2n) is 8.06. The summed E-state index contributed by atoms with van der Waals surface area (Å²) in [5, 5.41) is 9.16. The first-order chi connectivity index (χ1) is 14.7. The van der Waals surface area contributed by atoms with Crippen LogP contribution in [0.15, 0.2) is 53.5 Å². The van der Waals surface area contributed by atoms with Gasteiger partial charge in [0.25, 0.3) is 5.91 Å². The number of nitrogens with one attached hydrogen (secondary N) is 3. The Morgan fingerprint density at radius 2 is 1.55 bits per heavy atom. The number of primary amides is 1. The zero-order valence-corrected chi connectivity index (χ0v) is 18.8. The van der Waals surface area contributed by atoms with Crippen molar-refractivity contribution in [2.75, 3.05) is 20.1 Å². The molecular weight excluding hydrogens is 390 g/mol. The lowest BCUT2D eigenvalue weighted by Gasteiger charge is -2.27. The predicted molar refractivity (Wildman–Crippen MR) is 125 cm³/mol. The third-order valence-electron chi connectivity index (χ3n) is 5.16. The van der Waals surface area contributed by atoms with E-state index in [1.165, 1.54) is 11.1 Å². The van der Waals surface area contributed by atoms with E-state index in [9.17, 15) is 9.59 Å². The normalized spacial score (nSPS) is 11.7. The maximum atomic E-state index is 11.9. The van der Waals surface area contributed by atoms with Gasteiger partial charge in [-0.1, -0.05) is 57.2 Å². The molecule has 2 rings (SSSR count). The van der Waals surface area contributed by atoms with E-state index in [1.54, 1.807) is 19.2 Å². The molecule has 7 nitrogen and oxygen atoms in total. The summed E-state index contributed by atoms with van der Waals surface area (Å²) in [5.41, 5.74) is 9.08. The van der Waals surface area contributed by atoms with E-state index in [1.807, 2.05) is 12.1 Å². The smallest absolute Gasteiger partial charge is 0.251 e. The lowest BCUT2D eigenvalue weighted by Crippen LogP contribution is -2.43. The molecule has 0 spiro atoms. The van der Waals surface area contributed by atoms with Crippen molar-refractivity contribution in [3.8, 4) is 0 Å². The average molecular weight is 424 g/mol. The van der Waals surface area contributed by atoms with Gasteiger partial charge in [0.1, 0.15) is 0 Å². The minimum atomic E-state index is -0.575. The predicted octanol–water partition coefficient (Wildman–Crippen LogP) is 2.11. The highest BCUT2D eigenvalue weighted by Crippen LogP contribution is 2.22. The maximum Gasteiger partial charge on any atom is 0.251 e. The highest BCUT2D eigenvalue weighted by atomic mass is 16.2. The van der Waals surface area contributed by atoms with Crippen molar-refractivity contribution in [1.82, 2.24) is 16.0 Å². The van der Waals surface area contributed by atoms with E-state index in [4.69, 9.17) is 5.73 Å². The molecule has 0 saturated heterocycles. The number of aliphatic imine (C=N–C) groups is 1. The van der Waals surface area contributed by atoms with Crippen LogP contribution in [-0.4, -0.2) is 37.9 Å². The maximum absolute atomic E-state index is 11.9. The number of benzene rings is 2. The van der Waals surface area contributed by atoms with Crippen LogP contribution in [0, 0.1) is 0 Å². The molecule has 0 aliphatic heterocycles. The number of nitrogens with two attached hydrogens (primary N) is 1. The van der Waals surface area contributed by atoms with Crippen molar-refractivity contribution in [3.63, 3.8) is 0 Å². The van der Waals surface area contributed by atoms with Crippen molar-refractivity contribution in [1.29, 1.82) is 0 Å². The van der Waals surface area contributed by atoms with Crippen LogP contribution in [0.4, 0.5) is 0 Å². The average Bonchev–Trinajstić information content (AvgIpc) is 2.78. The molecule has 0 radical (unpaired) electrons. The largest absolute Gasteiger partial charge is 0.368 e. The molecule has 0 aliphatic carbocycles. The molecule has 0 unspecified atom stereocenters. The standard InChI is InChI=1S/C24H33N5O2/c1-5-17-8-12-20(13-9-17)24(2,3)16-29-23(26-4)28-14-18-6-10-19(11-7-18)22(31)27-15-21(25)30/h6-13H,5,14-16H2,1-4H3,(H2,25,30)(H,27,31)(H2,26,28,29). The highest BCUT2D eigenvalue weighted by Gasteiger charge is 2.20. The number of carbonyl (C=O) groups excluding carboxylic acids is 2. The van der Waals surface area contributed by atoms with Gasteiger partial charge in [-0.05, 0) is 35.2 Å². The molecule has 0 atom stereocenters. The van der Waals surface area contributed by atoms with Gasteiger partial charge in [0.05, 0.1) is 6.54 Å². The molecule has 0 aliphatic rings. The van der Waals surface area contributed by atoms with Crippen LogP contribution < -0.4 is 21.7 Å².